The minimum Gasteiger partial charge on any atom is -0.462 e. The zero-order valence-corrected chi connectivity index (χ0v) is 31.6. The second-order valence-electron chi connectivity index (χ2n) is 14.0. The molecule has 1 atom stereocenters. The highest BCUT2D eigenvalue weighted by Crippen LogP contribution is 2.14. The lowest BCUT2D eigenvalue weighted by atomic mass is 10.1. The topological polar surface area (TPSA) is 74.3 Å². The fourth-order valence-electron chi connectivity index (χ4n) is 5.98. The average molecular weight is 696 g/mol. The molecule has 0 aliphatic rings. The zero-order chi connectivity index (χ0) is 35.7. The third-order valence-electron chi connectivity index (χ3n) is 8.86. The van der Waals surface area contributed by atoms with Gasteiger partial charge in [0.25, 0.3) is 0 Å². The number of hydrogen-bond donors (Lipinski definition) is 0. The lowest BCUT2D eigenvalue weighted by Gasteiger charge is -2.21. The molecule has 0 heterocycles. The largest absolute Gasteiger partial charge is 0.462 e. The first kappa shape index (κ1) is 43.4. The maximum atomic E-state index is 12.5. The first-order valence-corrected chi connectivity index (χ1v) is 19.8. The average Bonchev–Trinajstić information content (AvgIpc) is 3.11. The Balaban J connectivity index is 1.36. The maximum Gasteiger partial charge on any atom is 0.306 e. The van der Waals surface area contributed by atoms with Gasteiger partial charge in [0.2, 0.25) is 0 Å². The molecule has 282 valence electrons. The first-order chi connectivity index (χ1) is 24.5. The van der Waals surface area contributed by atoms with E-state index >= 15 is 0 Å². The molecule has 2 rings (SSSR count). The Bertz CT molecular complexity index is 1060. The van der Waals surface area contributed by atoms with Crippen molar-refractivity contribution in [2.24, 2.45) is 0 Å². The number of unbranched alkanes of at least 4 members (excludes halogenated alkanes) is 16. The van der Waals surface area contributed by atoms with Crippen molar-refractivity contribution in [2.75, 3.05) is 40.5 Å². The molecule has 0 aliphatic heterocycles. The number of esters is 2. The van der Waals surface area contributed by atoms with Gasteiger partial charge in [0.05, 0.1) is 13.2 Å². The molecule has 0 saturated carbocycles. The Morgan fingerprint density at radius 1 is 0.520 bits per heavy atom. The molecular formula is C43H69NO6. The summed E-state index contributed by atoms with van der Waals surface area (Å²) < 4.78 is 22.7. The van der Waals surface area contributed by atoms with Gasteiger partial charge in [-0.15, -0.1) is 0 Å². The molecule has 0 spiro atoms. The summed E-state index contributed by atoms with van der Waals surface area (Å²) in [6.07, 6.45) is 21.2. The van der Waals surface area contributed by atoms with E-state index in [1.165, 1.54) is 75.3 Å². The van der Waals surface area contributed by atoms with Crippen LogP contribution in [0.15, 0.2) is 60.7 Å². The predicted octanol–water partition coefficient (Wildman–Crippen LogP) is 10.2. The van der Waals surface area contributed by atoms with Crippen LogP contribution in [0.5, 0.6) is 0 Å². The van der Waals surface area contributed by atoms with E-state index in [0.717, 1.165) is 64.6 Å². The molecule has 0 saturated heterocycles. The van der Waals surface area contributed by atoms with Crippen molar-refractivity contribution < 1.29 is 28.5 Å². The second-order valence-corrected chi connectivity index (χ2v) is 14.0. The number of hydrogen-bond acceptors (Lipinski definition) is 7. The number of benzene rings is 2. The van der Waals surface area contributed by atoms with Crippen molar-refractivity contribution in [1.29, 1.82) is 0 Å². The van der Waals surface area contributed by atoms with Gasteiger partial charge in [-0.25, -0.2) is 0 Å². The molecule has 50 heavy (non-hydrogen) atoms. The van der Waals surface area contributed by atoms with E-state index in [1.54, 1.807) is 0 Å². The minimum absolute atomic E-state index is 0.124. The van der Waals surface area contributed by atoms with Crippen LogP contribution in [-0.4, -0.2) is 63.4 Å². The van der Waals surface area contributed by atoms with Gasteiger partial charge in [-0.1, -0.05) is 151 Å². The Morgan fingerprint density at radius 2 is 0.900 bits per heavy atom. The highest BCUT2D eigenvalue weighted by atomic mass is 16.6. The number of carbonyl (C=O) groups excluding carboxylic acids is 2. The third-order valence-corrected chi connectivity index (χ3v) is 8.86. The molecular weight excluding hydrogens is 626 g/mol. The summed E-state index contributed by atoms with van der Waals surface area (Å²) in [5.74, 6) is -0.394. The molecule has 0 fully saturated rings. The Morgan fingerprint density at radius 3 is 1.32 bits per heavy atom. The minimum atomic E-state index is -0.430. The summed E-state index contributed by atoms with van der Waals surface area (Å²) in [6, 6.07) is 20.7. The van der Waals surface area contributed by atoms with Crippen LogP contribution in [0.4, 0.5) is 0 Å². The van der Waals surface area contributed by atoms with Crippen molar-refractivity contribution >= 4 is 11.9 Å². The Hall–Kier alpha value is -2.74. The molecule has 7 heteroatoms. The van der Waals surface area contributed by atoms with Crippen LogP contribution in [0.2, 0.25) is 0 Å². The number of ether oxygens (including phenoxy) is 4. The van der Waals surface area contributed by atoms with E-state index in [0.29, 0.717) is 32.6 Å². The fourth-order valence-corrected chi connectivity index (χ4v) is 5.98. The van der Waals surface area contributed by atoms with E-state index in [2.05, 4.69) is 24.3 Å². The normalized spacial score (nSPS) is 11.9. The van der Waals surface area contributed by atoms with Gasteiger partial charge < -0.3 is 23.8 Å². The van der Waals surface area contributed by atoms with Gasteiger partial charge in [-0.05, 0) is 50.9 Å². The summed E-state index contributed by atoms with van der Waals surface area (Å²) in [5, 5.41) is 0. The highest BCUT2D eigenvalue weighted by Gasteiger charge is 2.18. The Labute approximate surface area is 304 Å². The van der Waals surface area contributed by atoms with Crippen molar-refractivity contribution in [1.82, 2.24) is 4.90 Å². The number of likely N-dealkylation sites (N-methyl/N-ethyl adjacent to an activating group) is 1. The summed E-state index contributed by atoms with van der Waals surface area (Å²) >= 11 is 0. The van der Waals surface area contributed by atoms with Gasteiger partial charge in [0.1, 0.15) is 12.7 Å². The van der Waals surface area contributed by atoms with E-state index < -0.39 is 6.10 Å². The van der Waals surface area contributed by atoms with Crippen molar-refractivity contribution in [3.63, 3.8) is 0 Å². The number of nitrogens with zero attached hydrogens (tertiary/aromatic N) is 1. The standard InChI is InChI=1S/C43H69NO6/c1-44(2)35-41(50-43(46)32-24-14-10-6-4-8-12-16-26-34-48-37-40-29-21-18-22-30-40)38-49-42(45)31-23-13-9-5-3-7-11-15-25-33-47-36-39-27-19-17-20-28-39/h17-22,27-30,41H,3-16,23-26,31-38H2,1-2H3. The van der Waals surface area contributed by atoms with Crippen LogP contribution in [0, 0.1) is 0 Å². The van der Waals surface area contributed by atoms with Crippen LogP contribution in [0.3, 0.4) is 0 Å². The summed E-state index contributed by atoms with van der Waals surface area (Å²) in [4.78, 5) is 26.8. The van der Waals surface area contributed by atoms with E-state index in [4.69, 9.17) is 18.9 Å². The number of carbonyl (C=O) groups is 2. The molecule has 0 radical (unpaired) electrons. The SMILES string of the molecule is CN(C)CC(COC(=O)CCCCCCCCCCCOCc1ccccc1)OC(=O)CCCCCCCCCCCOCc1ccccc1. The van der Waals surface area contributed by atoms with E-state index in [-0.39, 0.29) is 18.5 Å². The summed E-state index contributed by atoms with van der Waals surface area (Å²) in [6.45, 7) is 3.73. The van der Waals surface area contributed by atoms with Crippen molar-refractivity contribution in [3.05, 3.63) is 71.8 Å². The Kier molecular flexibility index (Phi) is 27.0. The van der Waals surface area contributed by atoms with Crippen molar-refractivity contribution in [2.45, 2.75) is 148 Å². The van der Waals surface area contributed by atoms with Gasteiger partial charge in [0.15, 0.2) is 0 Å². The van der Waals surface area contributed by atoms with Gasteiger partial charge in [-0.3, -0.25) is 9.59 Å². The molecule has 0 N–H and O–H groups in total. The van der Waals surface area contributed by atoms with E-state index in [1.807, 2.05) is 55.4 Å². The van der Waals surface area contributed by atoms with Gasteiger partial charge >= 0.3 is 11.9 Å². The lowest BCUT2D eigenvalue weighted by Crippen LogP contribution is -2.34. The van der Waals surface area contributed by atoms with Gasteiger partial charge in [-0.2, -0.15) is 0 Å². The van der Waals surface area contributed by atoms with Crippen LogP contribution >= 0.6 is 0 Å². The molecule has 2 aromatic rings. The zero-order valence-electron chi connectivity index (χ0n) is 31.6. The molecule has 0 aromatic heterocycles. The highest BCUT2D eigenvalue weighted by molar-refractivity contribution is 5.70. The maximum absolute atomic E-state index is 12.5. The van der Waals surface area contributed by atoms with Gasteiger partial charge in [0, 0.05) is 32.6 Å². The monoisotopic (exact) mass is 696 g/mol. The second kappa shape index (κ2) is 31.0. The van der Waals surface area contributed by atoms with Crippen LogP contribution in [-0.2, 0) is 41.8 Å². The van der Waals surface area contributed by atoms with Crippen LogP contribution in [0.1, 0.15) is 140 Å². The molecule has 2 aromatic carbocycles. The fraction of sp³-hybridized carbons (Fsp3) is 0.674. The van der Waals surface area contributed by atoms with Crippen LogP contribution < -0.4 is 0 Å². The van der Waals surface area contributed by atoms with E-state index in [9.17, 15) is 9.59 Å². The van der Waals surface area contributed by atoms with Crippen LogP contribution in [0.25, 0.3) is 0 Å². The molecule has 7 nitrogen and oxygen atoms in total. The third kappa shape index (κ3) is 26.1. The first-order valence-electron chi connectivity index (χ1n) is 19.8. The quantitative estimate of drug-likeness (QED) is 0.0543. The number of rotatable bonds is 33. The molecule has 1 unspecified atom stereocenters. The van der Waals surface area contributed by atoms with Crippen molar-refractivity contribution in [3.8, 4) is 0 Å². The summed E-state index contributed by atoms with van der Waals surface area (Å²) in [5.41, 5.74) is 2.47. The predicted molar refractivity (Wildman–Crippen MR) is 204 cm³/mol. The molecule has 0 bridgehead atoms. The summed E-state index contributed by atoms with van der Waals surface area (Å²) in [7, 11) is 3.87. The smallest absolute Gasteiger partial charge is 0.306 e. The molecule has 0 aliphatic carbocycles. The molecule has 0 amide bonds. The lowest BCUT2D eigenvalue weighted by molar-refractivity contribution is -0.160.